The Labute approximate surface area is 139 Å². The maximum absolute atomic E-state index is 11.9. The van der Waals surface area contributed by atoms with Crippen molar-refractivity contribution in [2.75, 3.05) is 19.4 Å². The van der Waals surface area contributed by atoms with Crippen molar-refractivity contribution in [2.24, 2.45) is 4.99 Å². The van der Waals surface area contributed by atoms with E-state index in [-0.39, 0.29) is 5.91 Å². The lowest BCUT2D eigenvalue weighted by atomic mass is 10.2. The number of hydrogen-bond donors (Lipinski definition) is 1. The number of ether oxygens (including phenoxy) is 1. The largest absolute Gasteiger partial charge is 0.497 e. The fraction of sp³-hybridized carbons (Fsp3) is 0.294. The molecule has 0 atom stereocenters. The van der Waals surface area contributed by atoms with E-state index in [1.54, 1.807) is 18.9 Å². The Morgan fingerprint density at radius 3 is 2.83 bits per heavy atom. The molecule has 1 amide bonds. The van der Waals surface area contributed by atoms with E-state index in [4.69, 9.17) is 9.15 Å². The molecule has 0 aliphatic carbocycles. The predicted octanol–water partition coefficient (Wildman–Crippen LogP) is 3.11. The molecule has 0 radical (unpaired) electrons. The van der Waals surface area contributed by atoms with Gasteiger partial charge in [-0.05, 0) is 36.4 Å². The molecule has 1 aliphatic heterocycles. The van der Waals surface area contributed by atoms with E-state index in [1.807, 2.05) is 36.4 Å². The number of hydrogen-bond acceptors (Lipinski definition) is 5. The van der Waals surface area contributed by atoms with E-state index in [1.165, 1.54) is 0 Å². The van der Waals surface area contributed by atoms with Gasteiger partial charge in [-0.3, -0.25) is 9.79 Å². The molecule has 0 saturated heterocycles. The van der Waals surface area contributed by atoms with Gasteiger partial charge >= 0.3 is 0 Å². The van der Waals surface area contributed by atoms with Crippen LogP contribution in [0.25, 0.3) is 11.3 Å². The number of carbonyl (C=O) groups excluding carboxylic acids is 1. The van der Waals surface area contributed by atoms with Crippen molar-refractivity contribution in [1.29, 1.82) is 0 Å². The zero-order chi connectivity index (χ0) is 16.1. The number of amidine groups is 1. The van der Waals surface area contributed by atoms with E-state index in [0.717, 1.165) is 40.3 Å². The van der Waals surface area contributed by atoms with Crippen LogP contribution in [0.2, 0.25) is 0 Å². The van der Waals surface area contributed by atoms with E-state index >= 15 is 0 Å². The maximum atomic E-state index is 11.9. The van der Waals surface area contributed by atoms with E-state index < -0.39 is 0 Å². The lowest BCUT2D eigenvalue weighted by Gasteiger charge is -2.03. The number of thioether (sulfide) groups is 1. The molecule has 3 rings (SSSR count). The number of aliphatic imine (C=N–C) groups is 1. The number of benzene rings is 1. The number of furan rings is 1. The fourth-order valence-electron chi connectivity index (χ4n) is 2.25. The second kappa shape index (κ2) is 7.37. The maximum Gasteiger partial charge on any atom is 0.226 e. The molecular weight excluding hydrogens is 312 g/mol. The van der Waals surface area contributed by atoms with E-state index in [0.29, 0.717) is 12.8 Å². The van der Waals surface area contributed by atoms with Gasteiger partial charge in [-0.25, -0.2) is 0 Å². The molecule has 0 spiro atoms. The van der Waals surface area contributed by atoms with Crippen LogP contribution in [-0.2, 0) is 11.2 Å². The summed E-state index contributed by atoms with van der Waals surface area (Å²) in [6.07, 6.45) is 0.953. The Bertz CT molecular complexity index is 707. The number of nitrogens with one attached hydrogen (secondary N) is 1. The van der Waals surface area contributed by atoms with Crippen molar-refractivity contribution in [3.8, 4) is 17.1 Å². The number of rotatable bonds is 5. The highest BCUT2D eigenvalue weighted by Crippen LogP contribution is 2.25. The molecule has 0 bridgehead atoms. The molecule has 0 unspecified atom stereocenters. The minimum absolute atomic E-state index is 0.0273. The molecule has 120 valence electrons. The van der Waals surface area contributed by atoms with Gasteiger partial charge in [0.2, 0.25) is 5.91 Å². The topological polar surface area (TPSA) is 63.8 Å². The molecule has 5 nitrogen and oxygen atoms in total. The average molecular weight is 330 g/mol. The second-order valence-corrected chi connectivity index (χ2v) is 6.16. The number of methoxy groups -OCH3 is 1. The van der Waals surface area contributed by atoms with Crippen LogP contribution in [0.3, 0.4) is 0 Å². The summed E-state index contributed by atoms with van der Waals surface area (Å²) in [5.74, 6) is 3.31. The molecule has 2 heterocycles. The van der Waals surface area contributed by atoms with Crippen molar-refractivity contribution in [3.63, 3.8) is 0 Å². The molecule has 1 aliphatic rings. The molecule has 1 aromatic carbocycles. The van der Waals surface area contributed by atoms with Crippen LogP contribution in [-0.4, -0.2) is 30.5 Å². The van der Waals surface area contributed by atoms with Gasteiger partial charge in [-0.1, -0.05) is 11.8 Å². The third-order valence-corrected chi connectivity index (χ3v) is 4.36. The van der Waals surface area contributed by atoms with Gasteiger partial charge in [0.15, 0.2) is 5.17 Å². The van der Waals surface area contributed by atoms with Gasteiger partial charge in [-0.15, -0.1) is 0 Å². The molecule has 2 aromatic rings. The summed E-state index contributed by atoms with van der Waals surface area (Å²) in [5.41, 5.74) is 0.984. The van der Waals surface area contributed by atoms with Gasteiger partial charge in [0.05, 0.1) is 13.7 Å². The first-order chi connectivity index (χ1) is 11.2. The van der Waals surface area contributed by atoms with Crippen LogP contribution in [0.4, 0.5) is 0 Å². The van der Waals surface area contributed by atoms with E-state index in [2.05, 4.69) is 10.3 Å². The van der Waals surface area contributed by atoms with Crippen LogP contribution in [0.1, 0.15) is 12.2 Å². The average Bonchev–Trinajstić information content (AvgIpc) is 3.25. The van der Waals surface area contributed by atoms with Gasteiger partial charge in [-0.2, -0.15) is 0 Å². The fourth-order valence-corrected chi connectivity index (χ4v) is 3.00. The minimum Gasteiger partial charge on any atom is -0.497 e. The van der Waals surface area contributed by atoms with Crippen molar-refractivity contribution in [1.82, 2.24) is 5.32 Å². The minimum atomic E-state index is -0.0273. The smallest absolute Gasteiger partial charge is 0.226 e. The lowest BCUT2D eigenvalue weighted by Crippen LogP contribution is -2.27. The van der Waals surface area contributed by atoms with Gasteiger partial charge < -0.3 is 14.5 Å². The summed E-state index contributed by atoms with van der Waals surface area (Å²) in [5, 5.41) is 3.55. The van der Waals surface area contributed by atoms with Crippen molar-refractivity contribution < 1.29 is 13.9 Å². The van der Waals surface area contributed by atoms with Crippen LogP contribution < -0.4 is 10.1 Å². The summed E-state index contributed by atoms with van der Waals surface area (Å²) >= 11 is 1.58. The third kappa shape index (κ3) is 4.16. The number of aryl methyl sites for hydroxylation is 1. The number of amides is 1. The Kier molecular flexibility index (Phi) is 5.02. The van der Waals surface area contributed by atoms with Crippen LogP contribution in [0.15, 0.2) is 45.8 Å². The first kappa shape index (κ1) is 15.7. The summed E-state index contributed by atoms with van der Waals surface area (Å²) in [6.45, 7) is 0.781. The zero-order valence-corrected chi connectivity index (χ0v) is 13.7. The summed E-state index contributed by atoms with van der Waals surface area (Å²) in [6, 6.07) is 11.5. The third-order valence-electron chi connectivity index (χ3n) is 3.47. The summed E-state index contributed by atoms with van der Waals surface area (Å²) in [4.78, 5) is 16.1. The summed E-state index contributed by atoms with van der Waals surface area (Å²) in [7, 11) is 1.64. The Morgan fingerprint density at radius 1 is 1.30 bits per heavy atom. The van der Waals surface area contributed by atoms with Crippen LogP contribution >= 0.6 is 11.8 Å². The van der Waals surface area contributed by atoms with Gasteiger partial charge in [0, 0.05) is 24.2 Å². The van der Waals surface area contributed by atoms with Crippen LogP contribution in [0, 0.1) is 0 Å². The molecule has 6 heteroatoms. The molecule has 23 heavy (non-hydrogen) atoms. The van der Waals surface area contributed by atoms with Crippen molar-refractivity contribution in [3.05, 3.63) is 42.2 Å². The Balaban J connectivity index is 1.55. The zero-order valence-electron chi connectivity index (χ0n) is 12.9. The molecule has 0 fully saturated rings. The molecule has 1 aromatic heterocycles. The first-order valence-corrected chi connectivity index (χ1v) is 8.43. The Morgan fingerprint density at radius 2 is 2.13 bits per heavy atom. The molecule has 1 N–H and O–H groups in total. The van der Waals surface area contributed by atoms with Gasteiger partial charge in [0.25, 0.3) is 0 Å². The standard InChI is InChI=1S/C17H18N2O3S/c1-21-13-4-2-12(3-5-13)15-8-6-14(22-15)7-9-16(20)19-17-18-10-11-23-17/h2-6,8H,7,9-11H2,1H3,(H,18,19,20). The monoisotopic (exact) mass is 330 g/mol. The highest BCUT2D eigenvalue weighted by Gasteiger charge is 2.12. The first-order valence-electron chi connectivity index (χ1n) is 7.45. The van der Waals surface area contributed by atoms with E-state index in [9.17, 15) is 4.79 Å². The quantitative estimate of drug-likeness (QED) is 0.915. The predicted molar refractivity (Wildman–Crippen MR) is 91.9 cm³/mol. The number of nitrogens with zero attached hydrogens (tertiary/aromatic N) is 1. The normalized spacial score (nSPS) is 13.7. The van der Waals surface area contributed by atoms with Gasteiger partial charge in [0.1, 0.15) is 17.3 Å². The molecular formula is C17H18N2O3S. The van der Waals surface area contributed by atoms with Crippen molar-refractivity contribution >= 4 is 22.8 Å². The summed E-state index contributed by atoms with van der Waals surface area (Å²) < 4.78 is 11.0. The highest BCUT2D eigenvalue weighted by atomic mass is 32.2. The van der Waals surface area contributed by atoms with Crippen LogP contribution in [0.5, 0.6) is 5.75 Å². The Hall–Kier alpha value is -2.21. The molecule has 0 saturated carbocycles. The van der Waals surface area contributed by atoms with Crippen molar-refractivity contribution in [2.45, 2.75) is 12.8 Å². The lowest BCUT2D eigenvalue weighted by molar-refractivity contribution is -0.119. The highest BCUT2D eigenvalue weighted by molar-refractivity contribution is 8.14. The second-order valence-electron chi connectivity index (χ2n) is 5.08. The SMILES string of the molecule is COc1ccc(-c2ccc(CCC(=O)NC3=NCCS3)o2)cc1. The number of carbonyl (C=O) groups is 1.